The number of methoxy groups -OCH3 is 1. The molecule has 0 aromatic heterocycles. The van der Waals surface area contributed by atoms with Gasteiger partial charge in [0, 0.05) is 5.56 Å². The van der Waals surface area contributed by atoms with Gasteiger partial charge < -0.3 is 10.1 Å². The smallest absolute Gasteiger partial charge is 0.244 e. The Kier molecular flexibility index (Phi) is 6.43. The molecule has 0 saturated carbocycles. The van der Waals surface area contributed by atoms with Crippen LogP contribution in [0.3, 0.4) is 0 Å². The van der Waals surface area contributed by atoms with Crippen LogP contribution in [0, 0.1) is 5.82 Å². The van der Waals surface area contributed by atoms with E-state index in [-0.39, 0.29) is 5.69 Å². The van der Waals surface area contributed by atoms with Crippen LogP contribution in [0.2, 0.25) is 0 Å². The van der Waals surface area contributed by atoms with Gasteiger partial charge in [-0.15, -0.1) is 0 Å². The topological polar surface area (TPSA) is 75.7 Å². The molecule has 1 N–H and O–H groups in total. The summed E-state index contributed by atoms with van der Waals surface area (Å²) in [6, 6.07) is 10.9. The lowest BCUT2D eigenvalue weighted by Crippen LogP contribution is -2.48. The Morgan fingerprint density at radius 3 is 2.41 bits per heavy atom. The van der Waals surface area contributed by atoms with Gasteiger partial charge in [0.15, 0.2) is 0 Å². The maximum Gasteiger partial charge on any atom is 0.244 e. The summed E-state index contributed by atoms with van der Waals surface area (Å²) in [4.78, 5) is 12.7. The predicted octanol–water partition coefficient (Wildman–Crippen LogP) is 2.87. The number of sulfonamides is 1. The van der Waals surface area contributed by atoms with Crippen LogP contribution in [0.1, 0.15) is 25.5 Å². The molecule has 0 aliphatic heterocycles. The summed E-state index contributed by atoms with van der Waals surface area (Å²) < 4.78 is 44.3. The number of ether oxygens (including phenoxy) is 1. The van der Waals surface area contributed by atoms with E-state index in [9.17, 15) is 17.6 Å². The number of benzene rings is 2. The molecule has 0 saturated heterocycles. The van der Waals surface area contributed by atoms with Crippen molar-refractivity contribution in [2.45, 2.75) is 25.9 Å². The van der Waals surface area contributed by atoms with E-state index in [2.05, 4.69) is 5.32 Å². The number of carbonyl (C=O) groups excluding carboxylic acids is 1. The summed E-state index contributed by atoms with van der Waals surface area (Å²) in [7, 11) is -2.28. The van der Waals surface area contributed by atoms with Crippen LogP contribution < -0.4 is 14.4 Å². The molecule has 0 radical (unpaired) electrons. The molecule has 0 aliphatic carbocycles. The van der Waals surface area contributed by atoms with Gasteiger partial charge in [0.1, 0.15) is 17.6 Å². The number of carbonyl (C=O) groups is 1. The van der Waals surface area contributed by atoms with Crippen molar-refractivity contribution in [2.24, 2.45) is 0 Å². The quantitative estimate of drug-likeness (QED) is 0.784. The van der Waals surface area contributed by atoms with Gasteiger partial charge in [0.05, 0.1) is 25.1 Å². The normalized spacial score (nSPS) is 13.5. The molecule has 2 rings (SSSR count). The van der Waals surface area contributed by atoms with Gasteiger partial charge in [0.25, 0.3) is 0 Å². The van der Waals surface area contributed by atoms with E-state index in [0.29, 0.717) is 5.75 Å². The van der Waals surface area contributed by atoms with Crippen LogP contribution in [0.4, 0.5) is 10.1 Å². The average Bonchev–Trinajstić information content (AvgIpc) is 2.60. The minimum Gasteiger partial charge on any atom is -0.496 e. The monoisotopic (exact) mass is 394 g/mol. The molecule has 2 atom stereocenters. The Labute approximate surface area is 159 Å². The second-order valence-corrected chi connectivity index (χ2v) is 8.05. The van der Waals surface area contributed by atoms with Gasteiger partial charge in [-0.2, -0.15) is 0 Å². The van der Waals surface area contributed by atoms with Crippen molar-refractivity contribution in [3.63, 3.8) is 0 Å². The number of nitrogens with zero attached hydrogens (tertiary/aromatic N) is 1. The highest BCUT2D eigenvalue weighted by Gasteiger charge is 2.30. The third-order valence-electron chi connectivity index (χ3n) is 4.12. The number of anilines is 1. The van der Waals surface area contributed by atoms with Crippen molar-refractivity contribution >= 4 is 21.6 Å². The van der Waals surface area contributed by atoms with Crippen molar-refractivity contribution in [2.75, 3.05) is 17.7 Å². The van der Waals surface area contributed by atoms with Gasteiger partial charge in [0.2, 0.25) is 15.9 Å². The Morgan fingerprint density at radius 2 is 1.81 bits per heavy atom. The Bertz CT molecular complexity index is 917. The van der Waals surface area contributed by atoms with Crippen molar-refractivity contribution < 1.29 is 22.3 Å². The summed E-state index contributed by atoms with van der Waals surface area (Å²) in [6.45, 7) is 3.23. The molecule has 0 heterocycles. The average molecular weight is 394 g/mol. The van der Waals surface area contributed by atoms with E-state index in [1.165, 1.54) is 32.2 Å². The fraction of sp³-hybridized carbons (Fsp3) is 0.316. The maximum absolute atomic E-state index is 13.6. The van der Waals surface area contributed by atoms with E-state index in [1.807, 2.05) is 18.2 Å². The lowest BCUT2D eigenvalue weighted by molar-refractivity contribution is -0.122. The summed E-state index contributed by atoms with van der Waals surface area (Å²) in [5.74, 6) is -0.484. The SMILES string of the molecule is COc1ccccc1[C@@H](C)NC(=O)[C@H](C)N(c1cccc(F)c1)S(C)(=O)=O. The molecular weight excluding hydrogens is 371 g/mol. The summed E-state index contributed by atoms with van der Waals surface area (Å²) in [5, 5.41) is 2.79. The molecule has 27 heavy (non-hydrogen) atoms. The van der Waals surface area contributed by atoms with E-state index >= 15 is 0 Å². The second kappa shape index (κ2) is 8.39. The molecule has 0 spiro atoms. The van der Waals surface area contributed by atoms with Gasteiger partial charge in [-0.05, 0) is 38.1 Å². The van der Waals surface area contributed by atoms with Crippen LogP contribution in [-0.2, 0) is 14.8 Å². The standard InChI is InChI=1S/C19H23FN2O4S/c1-13(17-10-5-6-11-18(17)26-3)21-19(23)14(2)22(27(4,24)25)16-9-7-8-15(20)12-16/h5-14H,1-4H3,(H,21,23)/t13-,14+/m1/s1. The summed E-state index contributed by atoms with van der Waals surface area (Å²) in [5.41, 5.74) is 0.849. The number of halogens is 1. The fourth-order valence-corrected chi connectivity index (χ4v) is 4.02. The zero-order chi connectivity index (χ0) is 20.2. The first-order valence-corrected chi connectivity index (χ1v) is 10.2. The minimum absolute atomic E-state index is 0.0881. The summed E-state index contributed by atoms with van der Waals surface area (Å²) in [6.07, 6.45) is 0.978. The van der Waals surface area contributed by atoms with E-state index in [1.54, 1.807) is 13.0 Å². The molecule has 0 fully saturated rings. The number of rotatable bonds is 7. The highest BCUT2D eigenvalue weighted by molar-refractivity contribution is 7.92. The zero-order valence-corrected chi connectivity index (χ0v) is 16.5. The second-order valence-electron chi connectivity index (χ2n) is 6.19. The van der Waals surface area contributed by atoms with Crippen molar-refractivity contribution in [3.8, 4) is 5.75 Å². The molecule has 0 bridgehead atoms. The van der Waals surface area contributed by atoms with E-state index in [0.717, 1.165) is 22.2 Å². The molecule has 6 nitrogen and oxygen atoms in total. The third kappa shape index (κ3) is 4.97. The molecule has 0 aliphatic rings. The van der Waals surface area contributed by atoms with Crippen molar-refractivity contribution in [3.05, 3.63) is 59.9 Å². The van der Waals surface area contributed by atoms with Crippen LogP contribution in [-0.4, -0.2) is 33.7 Å². The molecule has 0 unspecified atom stereocenters. The summed E-state index contributed by atoms with van der Waals surface area (Å²) >= 11 is 0. The first-order valence-electron chi connectivity index (χ1n) is 8.33. The predicted molar refractivity (Wildman–Crippen MR) is 103 cm³/mol. The van der Waals surface area contributed by atoms with Crippen LogP contribution in [0.25, 0.3) is 0 Å². The van der Waals surface area contributed by atoms with Gasteiger partial charge in [-0.25, -0.2) is 12.8 Å². The number of hydrogen-bond donors (Lipinski definition) is 1. The van der Waals surface area contributed by atoms with Gasteiger partial charge in [-0.3, -0.25) is 9.10 Å². The van der Waals surface area contributed by atoms with Crippen LogP contribution in [0.15, 0.2) is 48.5 Å². The zero-order valence-electron chi connectivity index (χ0n) is 15.6. The lowest BCUT2D eigenvalue weighted by Gasteiger charge is -2.29. The third-order valence-corrected chi connectivity index (χ3v) is 5.36. The van der Waals surface area contributed by atoms with Crippen LogP contribution in [0.5, 0.6) is 5.75 Å². The number of nitrogens with one attached hydrogen (secondary N) is 1. The number of para-hydroxylation sites is 1. The fourth-order valence-electron chi connectivity index (χ4n) is 2.86. The first-order chi connectivity index (χ1) is 12.6. The molecular formula is C19H23FN2O4S. The Hall–Kier alpha value is -2.61. The molecule has 2 aromatic rings. The molecule has 8 heteroatoms. The van der Waals surface area contributed by atoms with Crippen molar-refractivity contribution in [1.29, 1.82) is 0 Å². The highest BCUT2D eigenvalue weighted by atomic mass is 32.2. The first kappa shape index (κ1) is 20.7. The molecule has 1 amide bonds. The largest absolute Gasteiger partial charge is 0.496 e. The lowest BCUT2D eigenvalue weighted by atomic mass is 10.1. The van der Waals surface area contributed by atoms with Gasteiger partial charge >= 0.3 is 0 Å². The number of amides is 1. The van der Waals surface area contributed by atoms with Gasteiger partial charge in [-0.1, -0.05) is 24.3 Å². The van der Waals surface area contributed by atoms with Crippen molar-refractivity contribution in [1.82, 2.24) is 5.32 Å². The Morgan fingerprint density at radius 1 is 1.15 bits per heavy atom. The van der Waals surface area contributed by atoms with E-state index in [4.69, 9.17) is 4.74 Å². The maximum atomic E-state index is 13.6. The molecule has 2 aromatic carbocycles. The van der Waals surface area contributed by atoms with E-state index < -0.39 is 33.8 Å². The highest BCUT2D eigenvalue weighted by Crippen LogP contribution is 2.26. The minimum atomic E-state index is -3.81. The Balaban J connectivity index is 2.27. The number of hydrogen-bond acceptors (Lipinski definition) is 4. The molecule has 146 valence electrons. The van der Waals surface area contributed by atoms with Crippen LogP contribution >= 0.6 is 0 Å².